The molecular weight excluding hydrogens is 447 g/mol. The number of nitrogens with two attached hydrogens (primary N) is 1. The Balaban J connectivity index is 0.000000165. The molecule has 1 atom stereocenters. The molecule has 12 heteroatoms. The maximum atomic E-state index is 13.7. The van der Waals surface area contributed by atoms with Gasteiger partial charge in [0.15, 0.2) is 5.82 Å². The molecule has 32 heavy (non-hydrogen) atoms. The van der Waals surface area contributed by atoms with Crippen molar-refractivity contribution in [3.05, 3.63) is 47.9 Å². The summed E-state index contributed by atoms with van der Waals surface area (Å²) < 4.78 is 67.0. The van der Waals surface area contributed by atoms with Crippen molar-refractivity contribution in [1.82, 2.24) is 18.9 Å². The minimum absolute atomic E-state index is 0.00754. The Kier molecular flexibility index (Phi) is 6.10. The van der Waals surface area contributed by atoms with Gasteiger partial charge in [-0.05, 0) is 37.8 Å². The third-order valence-corrected chi connectivity index (χ3v) is 7.74. The Morgan fingerprint density at radius 3 is 2.41 bits per heavy atom. The molecule has 1 aromatic carbocycles. The van der Waals surface area contributed by atoms with Gasteiger partial charge < -0.3 is 10.8 Å². The second kappa shape index (κ2) is 8.68. The summed E-state index contributed by atoms with van der Waals surface area (Å²) in [5.41, 5.74) is 4.98. The van der Waals surface area contributed by atoms with Crippen LogP contribution in [-0.4, -0.2) is 56.9 Å². The van der Waals surface area contributed by atoms with Crippen LogP contribution < -0.4 is 5.73 Å². The van der Waals surface area contributed by atoms with E-state index in [1.807, 2.05) is 0 Å². The minimum Gasteiger partial charge on any atom is -0.392 e. The van der Waals surface area contributed by atoms with Gasteiger partial charge in [0.2, 0.25) is 16.0 Å². The van der Waals surface area contributed by atoms with Crippen LogP contribution >= 0.6 is 0 Å². The fourth-order valence-corrected chi connectivity index (χ4v) is 5.53. The maximum absolute atomic E-state index is 13.7. The van der Waals surface area contributed by atoms with E-state index < -0.39 is 33.6 Å². The summed E-state index contributed by atoms with van der Waals surface area (Å²) in [4.78, 5) is 3.64. The highest BCUT2D eigenvalue weighted by atomic mass is 32.2. The van der Waals surface area contributed by atoms with Crippen molar-refractivity contribution >= 4 is 21.5 Å². The molecule has 1 aliphatic carbocycles. The molecule has 1 unspecified atom stereocenters. The van der Waals surface area contributed by atoms with Crippen LogP contribution in [0.25, 0.3) is 16.8 Å². The van der Waals surface area contributed by atoms with Gasteiger partial charge in [0.05, 0.1) is 28.8 Å². The number of rotatable bonds is 3. The fraction of sp³-hybridized carbons (Fsp3) is 0.400. The van der Waals surface area contributed by atoms with Gasteiger partial charge in [-0.25, -0.2) is 31.1 Å². The highest BCUT2D eigenvalue weighted by molar-refractivity contribution is 7.90. The summed E-state index contributed by atoms with van der Waals surface area (Å²) in [6, 6.07) is 4.38. The number of anilines is 1. The lowest BCUT2D eigenvalue weighted by atomic mass is 10.1. The van der Waals surface area contributed by atoms with Crippen LogP contribution in [0, 0.1) is 17.5 Å². The second-order valence-corrected chi connectivity index (χ2v) is 10.00. The number of hydrogen-bond acceptors (Lipinski definition) is 6. The average molecular weight is 469 g/mol. The Labute approximate surface area is 182 Å². The van der Waals surface area contributed by atoms with E-state index >= 15 is 0 Å². The zero-order chi connectivity index (χ0) is 23.0. The Bertz CT molecular complexity index is 1230. The lowest BCUT2D eigenvalue weighted by Crippen LogP contribution is -2.43. The third kappa shape index (κ3) is 4.43. The molecule has 172 valence electrons. The molecule has 2 fully saturated rings. The SMILES string of the molecule is Nc1ncc2c(F)cc(-c3c(F)cccc3F)n2n1.O=S(=O)(C1CC1)N1CCCC(O)C1. The third-order valence-electron chi connectivity index (χ3n) is 5.37. The number of fused-ring (bicyclic) bond motifs is 1. The lowest BCUT2D eigenvalue weighted by Gasteiger charge is -2.29. The monoisotopic (exact) mass is 469 g/mol. The number of halogens is 3. The Morgan fingerprint density at radius 1 is 1.09 bits per heavy atom. The van der Waals surface area contributed by atoms with Gasteiger partial charge >= 0.3 is 0 Å². The molecule has 8 nitrogen and oxygen atoms in total. The predicted molar refractivity (Wildman–Crippen MR) is 111 cm³/mol. The van der Waals surface area contributed by atoms with Crippen LogP contribution in [0.1, 0.15) is 25.7 Å². The largest absolute Gasteiger partial charge is 0.392 e. The molecule has 3 aromatic rings. The van der Waals surface area contributed by atoms with Gasteiger partial charge in [0, 0.05) is 19.2 Å². The van der Waals surface area contributed by atoms with Gasteiger partial charge in [0.1, 0.15) is 17.2 Å². The van der Waals surface area contributed by atoms with Crippen LogP contribution in [-0.2, 0) is 10.0 Å². The van der Waals surface area contributed by atoms with Crippen molar-refractivity contribution < 1.29 is 26.7 Å². The molecular formula is C20H22F3N5O3S. The maximum Gasteiger partial charge on any atom is 0.238 e. The van der Waals surface area contributed by atoms with E-state index in [1.54, 1.807) is 0 Å². The number of benzene rings is 1. The van der Waals surface area contributed by atoms with Crippen LogP contribution in [0.4, 0.5) is 19.1 Å². The quantitative estimate of drug-likeness (QED) is 0.609. The minimum atomic E-state index is -3.05. The first-order valence-corrected chi connectivity index (χ1v) is 11.6. The zero-order valence-electron chi connectivity index (χ0n) is 17.0. The molecule has 0 bridgehead atoms. The highest BCUT2D eigenvalue weighted by Gasteiger charge is 2.41. The number of nitrogen functional groups attached to an aromatic ring is 1. The average Bonchev–Trinajstić information content (AvgIpc) is 3.55. The van der Waals surface area contributed by atoms with E-state index in [0.29, 0.717) is 13.1 Å². The molecule has 1 saturated heterocycles. The van der Waals surface area contributed by atoms with E-state index in [4.69, 9.17) is 5.73 Å². The van der Waals surface area contributed by atoms with Crippen molar-refractivity contribution in [2.24, 2.45) is 0 Å². The molecule has 1 saturated carbocycles. The van der Waals surface area contributed by atoms with Crippen molar-refractivity contribution in [2.45, 2.75) is 37.0 Å². The van der Waals surface area contributed by atoms with Crippen LogP contribution in [0.3, 0.4) is 0 Å². The van der Waals surface area contributed by atoms with E-state index in [2.05, 4.69) is 10.1 Å². The lowest BCUT2D eigenvalue weighted by molar-refractivity contribution is 0.108. The molecule has 0 radical (unpaired) electrons. The summed E-state index contributed by atoms with van der Waals surface area (Å²) in [6.07, 6.45) is 3.82. The molecule has 2 aromatic heterocycles. The van der Waals surface area contributed by atoms with Gasteiger partial charge in [-0.1, -0.05) is 6.07 Å². The van der Waals surface area contributed by atoms with Crippen molar-refractivity contribution in [3.63, 3.8) is 0 Å². The summed E-state index contributed by atoms with van der Waals surface area (Å²) in [7, 11) is -3.05. The molecule has 3 N–H and O–H groups in total. The number of piperidine rings is 1. The number of hydrogen-bond donors (Lipinski definition) is 2. The molecule has 2 aliphatic rings. The molecule has 5 rings (SSSR count). The van der Waals surface area contributed by atoms with Crippen molar-refractivity contribution in [2.75, 3.05) is 18.8 Å². The fourth-order valence-electron chi connectivity index (χ4n) is 3.62. The summed E-state index contributed by atoms with van der Waals surface area (Å²) in [5, 5.41) is 13.0. The first-order chi connectivity index (χ1) is 15.2. The molecule has 1 aliphatic heterocycles. The van der Waals surface area contributed by atoms with Crippen LogP contribution in [0.2, 0.25) is 0 Å². The smallest absolute Gasteiger partial charge is 0.238 e. The van der Waals surface area contributed by atoms with Gasteiger partial charge in [-0.3, -0.25) is 0 Å². The van der Waals surface area contributed by atoms with Crippen LogP contribution in [0.15, 0.2) is 30.5 Å². The van der Waals surface area contributed by atoms with Gasteiger partial charge in [-0.2, -0.15) is 4.31 Å². The highest BCUT2D eigenvalue weighted by Crippen LogP contribution is 2.32. The number of β-amino-alcohol motifs (C(OH)–C–C–N with tert-alkyl or cyclic N) is 1. The number of nitrogens with zero attached hydrogens (tertiary/aromatic N) is 4. The first kappa shape index (κ1) is 22.5. The molecule has 0 amide bonds. The zero-order valence-corrected chi connectivity index (χ0v) is 17.8. The van der Waals surface area contributed by atoms with Crippen molar-refractivity contribution in [3.8, 4) is 11.3 Å². The normalized spacial score (nSPS) is 19.6. The molecule has 0 spiro atoms. The van der Waals surface area contributed by atoms with Crippen molar-refractivity contribution in [1.29, 1.82) is 0 Å². The van der Waals surface area contributed by atoms with Gasteiger partial charge in [-0.15, -0.1) is 5.10 Å². The summed E-state index contributed by atoms with van der Waals surface area (Å²) >= 11 is 0. The summed E-state index contributed by atoms with van der Waals surface area (Å²) in [5.74, 6) is -2.42. The molecule has 3 heterocycles. The summed E-state index contributed by atoms with van der Waals surface area (Å²) in [6.45, 7) is 0.898. The Hall–Kier alpha value is -2.70. The van der Waals surface area contributed by atoms with E-state index in [-0.39, 0.29) is 28.0 Å². The van der Waals surface area contributed by atoms with Gasteiger partial charge in [0.25, 0.3) is 0 Å². The van der Waals surface area contributed by atoms with Crippen LogP contribution in [0.5, 0.6) is 0 Å². The predicted octanol–water partition coefficient (Wildman–Crippen LogP) is 2.33. The second-order valence-electron chi connectivity index (χ2n) is 7.79. The number of aliphatic hydroxyl groups excluding tert-OH is 1. The van der Waals surface area contributed by atoms with E-state index in [9.17, 15) is 26.7 Å². The first-order valence-electron chi connectivity index (χ1n) is 10.1. The Morgan fingerprint density at radius 2 is 1.78 bits per heavy atom. The number of sulfonamides is 1. The standard InChI is InChI=1S/C12H7F3N4.C8H15NO3S/c13-6-2-1-3-7(14)11(6)9-4-8(15)10-5-17-12(16)18-19(9)10;10-7-2-1-5-9(6-7)13(11,12)8-3-4-8/h1-5H,(H2,16,18);7-8,10H,1-6H2. The number of aliphatic hydroxyl groups is 1. The van der Waals surface area contributed by atoms with E-state index in [1.165, 1.54) is 10.4 Å². The number of aromatic nitrogens is 3. The van der Waals surface area contributed by atoms with E-state index in [0.717, 1.165) is 54.6 Å². The topological polar surface area (TPSA) is 114 Å².